The summed E-state index contributed by atoms with van der Waals surface area (Å²) in [5.74, 6) is 1.63. The Hall–Kier alpha value is -2.96. The van der Waals surface area contributed by atoms with Gasteiger partial charge in [-0.2, -0.15) is 10.2 Å². The van der Waals surface area contributed by atoms with Crippen LogP contribution in [0.3, 0.4) is 0 Å². The first-order valence-electron chi connectivity index (χ1n) is 9.00. The smallest absolute Gasteiger partial charge is 0.264 e. The molecule has 3 heterocycles. The normalized spacial score (nSPS) is 17.4. The molecule has 7 nitrogen and oxygen atoms in total. The second-order valence-corrected chi connectivity index (χ2v) is 6.68. The largest absolute Gasteiger partial charge is 0.366 e. The highest BCUT2D eigenvalue weighted by atomic mass is 16.1. The van der Waals surface area contributed by atoms with Crippen LogP contribution in [0.4, 0.5) is 11.6 Å². The second kappa shape index (κ2) is 7.11. The molecule has 4 rings (SSSR count). The van der Waals surface area contributed by atoms with Crippen LogP contribution in [0, 0.1) is 6.92 Å². The summed E-state index contributed by atoms with van der Waals surface area (Å²) >= 11 is 0. The summed E-state index contributed by atoms with van der Waals surface area (Å²) in [5, 5.41) is 21.1. The number of nitrogens with one attached hydrogen (secondary N) is 2. The molecule has 26 heavy (non-hydrogen) atoms. The third kappa shape index (κ3) is 3.24. The van der Waals surface area contributed by atoms with Gasteiger partial charge in [0.15, 0.2) is 5.82 Å². The maximum atomic E-state index is 11.3. The van der Waals surface area contributed by atoms with Gasteiger partial charge in [0, 0.05) is 36.0 Å². The Morgan fingerprint density at radius 3 is 2.81 bits per heavy atom. The standard InChI is InChI=1S/C19H22N6O/c1-13-15-7-2-3-8-16(15)19(24-21-13)20-12-14-6-4-5-11-25(14)17-9-10-18(26)23-22-17/h2-3,7-10,14H,4-6,11-12H2,1H3,(H,20,24)(H,23,26). The first-order chi connectivity index (χ1) is 12.7. The van der Waals surface area contributed by atoms with Crippen LogP contribution in [0.15, 0.2) is 41.2 Å². The molecule has 1 aliphatic heterocycles. The third-order valence-electron chi connectivity index (χ3n) is 4.96. The Balaban J connectivity index is 1.55. The van der Waals surface area contributed by atoms with Gasteiger partial charge in [0.1, 0.15) is 5.82 Å². The van der Waals surface area contributed by atoms with E-state index in [1.807, 2.05) is 19.1 Å². The highest BCUT2D eigenvalue weighted by molar-refractivity contribution is 5.92. The number of hydrogen-bond donors (Lipinski definition) is 2. The maximum absolute atomic E-state index is 11.3. The molecule has 1 fully saturated rings. The van der Waals surface area contributed by atoms with E-state index in [0.29, 0.717) is 6.04 Å². The van der Waals surface area contributed by atoms with E-state index in [4.69, 9.17) is 0 Å². The molecule has 0 radical (unpaired) electrons. The zero-order valence-corrected chi connectivity index (χ0v) is 14.8. The molecule has 0 saturated carbocycles. The van der Waals surface area contributed by atoms with Crippen molar-refractivity contribution in [1.29, 1.82) is 0 Å². The lowest BCUT2D eigenvalue weighted by Crippen LogP contribution is -2.44. The number of piperidine rings is 1. The fourth-order valence-electron chi connectivity index (χ4n) is 3.59. The number of rotatable bonds is 4. The first-order valence-corrected chi connectivity index (χ1v) is 9.00. The number of aromatic nitrogens is 4. The Morgan fingerprint density at radius 1 is 1.15 bits per heavy atom. The van der Waals surface area contributed by atoms with Gasteiger partial charge in [-0.25, -0.2) is 5.10 Å². The van der Waals surface area contributed by atoms with E-state index >= 15 is 0 Å². The summed E-state index contributed by atoms with van der Waals surface area (Å²) < 4.78 is 0. The number of benzene rings is 1. The SMILES string of the molecule is Cc1nnc(NCC2CCCCN2c2ccc(=O)[nH]n2)c2ccccc12. The van der Waals surface area contributed by atoms with Crippen molar-refractivity contribution in [2.24, 2.45) is 0 Å². The van der Waals surface area contributed by atoms with Gasteiger partial charge in [-0.3, -0.25) is 4.79 Å². The fourth-order valence-corrected chi connectivity index (χ4v) is 3.59. The number of anilines is 2. The fraction of sp³-hybridized carbons (Fsp3) is 0.368. The minimum atomic E-state index is -0.179. The molecule has 7 heteroatoms. The lowest BCUT2D eigenvalue weighted by Gasteiger charge is -2.36. The summed E-state index contributed by atoms with van der Waals surface area (Å²) in [6.45, 7) is 3.66. The number of hydrogen-bond acceptors (Lipinski definition) is 6. The summed E-state index contributed by atoms with van der Waals surface area (Å²) in [4.78, 5) is 13.5. The number of aryl methyl sites for hydroxylation is 1. The minimum Gasteiger partial charge on any atom is -0.366 e. The zero-order valence-electron chi connectivity index (χ0n) is 14.8. The summed E-state index contributed by atoms with van der Waals surface area (Å²) in [6, 6.07) is 11.8. The van der Waals surface area contributed by atoms with Crippen LogP contribution in [0.25, 0.3) is 10.8 Å². The summed E-state index contributed by atoms with van der Waals surface area (Å²) in [7, 11) is 0. The van der Waals surface area contributed by atoms with Crippen molar-refractivity contribution in [2.75, 3.05) is 23.3 Å². The Kier molecular flexibility index (Phi) is 4.51. The second-order valence-electron chi connectivity index (χ2n) is 6.68. The van der Waals surface area contributed by atoms with Crippen molar-refractivity contribution >= 4 is 22.4 Å². The van der Waals surface area contributed by atoms with Crippen molar-refractivity contribution in [2.45, 2.75) is 32.2 Å². The van der Waals surface area contributed by atoms with E-state index in [2.05, 4.69) is 42.7 Å². The molecule has 1 aromatic carbocycles. The molecule has 134 valence electrons. The average molecular weight is 350 g/mol. The maximum Gasteiger partial charge on any atom is 0.264 e. The number of fused-ring (bicyclic) bond motifs is 1. The predicted molar refractivity (Wildman–Crippen MR) is 103 cm³/mol. The average Bonchev–Trinajstić information content (AvgIpc) is 2.69. The zero-order chi connectivity index (χ0) is 17.9. The highest BCUT2D eigenvalue weighted by Crippen LogP contribution is 2.25. The molecule has 0 spiro atoms. The lowest BCUT2D eigenvalue weighted by atomic mass is 10.0. The molecule has 2 aromatic heterocycles. The number of aromatic amines is 1. The molecule has 3 aromatic rings. The topological polar surface area (TPSA) is 86.8 Å². The van der Waals surface area contributed by atoms with Crippen molar-refractivity contribution in [3.8, 4) is 0 Å². The monoisotopic (exact) mass is 350 g/mol. The van der Waals surface area contributed by atoms with Gasteiger partial charge in [-0.1, -0.05) is 24.3 Å². The molecule has 1 aliphatic rings. The summed E-state index contributed by atoms with van der Waals surface area (Å²) in [6.07, 6.45) is 3.39. The quantitative estimate of drug-likeness (QED) is 0.752. The van der Waals surface area contributed by atoms with Crippen LogP contribution in [0.2, 0.25) is 0 Å². The number of nitrogens with zero attached hydrogens (tertiary/aromatic N) is 4. The summed E-state index contributed by atoms with van der Waals surface area (Å²) in [5.41, 5.74) is 0.754. The van der Waals surface area contributed by atoms with Gasteiger partial charge < -0.3 is 10.2 Å². The third-order valence-corrected chi connectivity index (χ3v) is 4.96. The van der Waals surface area contributed by atoms with Crippen LogP contribution in [0.5, 0.6) is 0 Å². The molecule has 1 saturated heterocycles. The van der Waals surface area contributed by atoms with Crippen LogP contribution >= 0.6 is 0 Å². The van der Waals surface area contributed by atoms with E-state index in [-0.39, 0.29) is 5.56 Å². The Morgan fingerprint density at radius 2 is 2.00 bits per heavy atom. The molecular weight excluding hydrogens is 328 g/mol. The lowest BCUT2D eigenvalue weighted by molar-refractivity contribution is 0.467. The van der Waals surface area contributed by atoms with E-state index in [1.165, 1.54) is 12.5 Å². The molecule has 0 aliphatic carbocycles. The van der Waals surface area contributed by atoms with Crippen LogP contribution < -0.4 is 15.8 Å². The predicted octanol–water partition coefficient (Wildman–Crippen LogP) is 2.49. The van der Waals surface area contributed by atoms with Gasteiger partial charge in [0.2, 0.25) is 0 Å². The van der Waals surface area contributed by atoms with Crippen molar-refractivity contribution in [1.82, 2.24) is 20.4 Å². The first kappa shape index (κ1) is 16.5. The van der Waals surface area contributed by atoms with E-state index in [1.54, 1.807) is 6.07 Å². The van der Waals surface area contributed by atoms with E-state index in [0.717, 1.165) is 54.0 Å². The van der Waals surface area contributed by atoms with Gasteiger partial charge in [0.05, 0.1) is 5.69 Å². The van der Waals surface area contributed by atoms with Gasteiger partial charge in [-0.05, 0) is 32.3 Å². The molecule has 0 amide bonds. The van der Waals surface area contributed by atoms with Gasteiger partial charge >= 0.3 is 0 Å². The van der Waals surface area contributed by atoms with Gasteiger partial charge in [-0.15, -0.1) is 5.10 Å². The van der Waals surface area contributed by atoms with Crippen molar-refractivity contribution in [3.63, 3.8) is 0 Å². The van der Waals surface area contributed by atoms with Crippen molar-refractivity contribution in [3.05, 3.63) is 52.4 Å². The molecular formula is C19H22N6O. The van der Waals surface area contributed by atoms with Crippen molar-refractivity contribution < 1.29 is 0 Å². The van der Waals surface area contributed by atoms with Crippen LogP contribution in [-0.2, 0) is 0 Å². The Bertz CT molecular complexity index is 949. The van der Waals surface area contributed by atoms with Gasteiger partial charge in [0.25, 0.3) is 5.56 Å². The molecule has 0 bridgehead atoms. The minimum absolute atomic E-state index is 0.179. The van der Waals surface area contributed by atoms with Crippen LogP contribution in [-0.4, -0.2) is 39.5 Å². The molecule has 1 unspecified atom stereocenters. The molecule has 2 N–H and O–H groups in total. The van der Waals surface area contributed by atoms with E-state index in [9.17, 15) is 4.79 Å². The highest BCUT2D eigenvalue weighted by Gasteiger charge is 2.24. The van der Waals surface area contributed by atoms with E-state index < -0.39 is 0 Å². The molecule has 1 atom stereocenters. The van der Waals surface area contributed by atoms with Crippen LogP contribution in [0.1, 0.15) is 25.0 Å². The Labute approximate surface area is 151 Å². The number of H-pyrrole nitrogens is 1.